The minimum atomic E-state index is -0.241. The van der Waals surface area contributed by atoms with E-state index >= 15 is 0 Å². The molecule has 1 spiro atoms. The lowest BCUT2D eigenvalue weighted by Gasteiger charge is -2.43. The zero-order chi connectivity index (χ0) is 24.8. The van der Waals surface area contributed by atoms with Gasteiger partial charge in [0.2, 0.25) is 0 Å². The van der Waals surface area contributed by atoms with E-state index in [1.54, 1.807) is 11.8 Å². The van der Waals surface area contributed by atoms with Crippen LogP contribution in [0.3, 0.4) is 0 Å². The molecule has 0 unspecified atom stereocenters. The lowest BCUT2D eigenvalue weighted by atomic mass is 9.62. The van der Waals surface area contributed by atoms with E-state index in [1.165, 1.54) is 30.4 Å². The van der Waals surface area contributed by atoms with Gasteiger partial charge in [0.05, 0.1) is 16.9 Å². The van der Waals surface area contributed by atoms with E-state index in [9.17, 15) is 4.79 Å². The van der Waals surface area contributed by atoms with Crippen molar-refractivity contribution < 1.29 is 4.74 Å². The van der Waals surface area contributed by atoms with Gasteiger partial charge in [0.25, 0.3) is 5.56 Å². The molecule has 4 nitrogen and oxygen atoms in total. The molecule has 0 bridgehead atoms. The van der Waals surface area contributed by atoms with Crippen LogP contribution in [0.1, 0.15) is 81.5 Å². The molecule has 1 aromatic heterocycles. The van der Waals surface area contributed by atoms with Crippen molar-refractivity contribution in [2.75, 3.05) is 6.61 Å². The Morgan fingerprint density at radius 2 is 1.78 bits per heavy atom. The number of thioether (sulfide) groups is 1. The van der Waals surface area contributed by atoms with Crippen LogP contribution in [0.15, 0.2) is 64.5 Å². The Bertz CT molecular complexity index is 1310. The second kappa shape index (κ2) is 9.50. The average Bonchev–Trinajstić information content (AvgIpc) is 2.88. The Morgan fingerprint density at radius 3 is 2.56 bits per heavy atom. The maximum Gasteiger partial charge on any atom is 0.258 e. The van der Waals surface area contributed by atoms with Crippen LogP contribution in [0.4, 0.5) is 0 Å². The number of hydrogen-bond donors (Lipinski definition) is 0. The molecular formula is C31H36N2O2S. The van der Waals surface area contributed by atoms with E-state index in [0.29, 0.717) is 6.61 Å². The molecule has 2 heterocycles. The molecule has 0 amide bonds. The molecule has 3 aliphatic rings. The van der Waals surface area contributed by atoms with Crippen LogP contribution in [-0.4, -0.2) is 21.8 Å². The van der Waals surface area contributed by atoms with Crippen molar-refractivity contribution in [2.24, 2.45) is 0 Å². The van der Waals surface area contributed by atoms with E-state index in [-0.39, 0.29) is 22.6 Å². The normalized spacial score (nSPS) is 22.1. The van der Waals surface area contributed by atoms with Crippen LogP contribution >= 0.6 is 11.8 Å². The fourth-order valence-electron chi connectivity index (χ4n) is 6.77. The molecule has 1 atom stereocenters. The van der Waals surface area contributed by atoms with Crippen LogP contribution in [-0.2, 0) is 22.3 Å². The highest BCUT2D eigenvalue weighted by molar-refractivity contribution is 7.98. The van der Waals surface area contributed by atoms with E-state index in [0.717, 1.165) is 59.8 Å². The Morgan fingerprint density at radius 1 is 1.03 bits per heavy atom. The first-order valence-electron chi connectivity index (χ1n) is 13.5. The lowest BCUT2D eigenvalue weighted by molar-refractivity contribution is -0.0710. The van der Waals surface area contributed by atoms with Crippen molar-refractivity contribution in [1.29, 1.82) is 0 Å². The molecule has 0 radical (unpaired) electrons. The summed E-state index contributed by atoms with van der Waals surface area (Å²) in [4.78, 5) is 20.1. The van der Waals surface area contributed by atoms with E-state index < -0.39 is 0 Å². The Kier molecular flexibility index (Phi) is 6.33. The SMILES string of the molecule is CC1(C)C[C@H](n2c(SCc3ccccc3)nc3c(c2=O)C2(CCCCC2)Cc2ccccc2-3)CCO1. The fourth-order valence-corrected chi connectivity index (χ4v) is 7.78. The zero-order valence-electron chi connectivity index (χ0n) is 21.5. The van der Waals surface area contributed by atoms with Crippen LogP contribution in [0.25, 0.3) is 11.3 Å². The van der Waals surface area contributed by atoms with Gasteiger partial charge in [-0.2, -0.15) is 0 Å². The minimum absolute atomic E-state index is 0.0862. The molecule has 1 aliphatic heterocycles. The van der Waals surface area contributed by atoms with Crippen LogP contribution in [0, 0.1) is 0 Å². The molecule has 6 rings (SSSR count). The van der Waals surface area contributed by atoms with Gasteiger partial charge < -0.3 is 4.74 Å². The molecule has 3 aromatic rings. The first kappa shape index (κ1) is 24.0. The molecule has 1 saturated carbocycles. The summed E-state index contributed by atoms with van der Waals surface area (Å²) in [7, 11) is 0. The second-order valence-electron chi connectivity index (χ2n) is 11.5. The molecule has 188 valence electrons. The van der Waals surface area contributed by atoms with Crippen molar-refractivity contribution in [3.8, 4) is 11.3 Å². The highest BCUT2D eigenvalue weighted by Gasteiger charge is 2.44. The molecule has 5 heteroatoms. The Hall–Kier alpha value is -2.37. The fraction of sp³-hybridized carbons (Fsp3) is 0.484. The van der Waals surface area contributed by atoms with Gasteiger partial charge in [-0.15, -0.1) is 0 Å². The van der Waals surface area contributed by atoms with E-state index in [1.807, 2.05) is 6.07 Å². The second-order valence-corrected chi connectivity index (χ2v) is 12.4. The van der Waals surface area contributed by atoms with Gasteiger partial charge >= 0.3 is 0 Å². The van der Waals surface area contributed by atoms with Gasteiger partial charge in [-0.25, -0.2) is 4.98 Å². The topological polar surface area (TPSA) is 44.1 Å². The third-order valence-corrected chi connectivity index (χ3v) is 9.50. The van der Waals surface area contributed by atoms with Gasteiger partial charge in [0.1, 0.15) is 0 Å². The number of nitrogens with zero attached hydrogens (tertiary/aromatic N) is 2. The van der Waals surface area contributed by atoms with Gasteiger partial charge in [0, 0.05) is 29.4 Å². The quantitative estimate of drug-likeness (QED) is 0.283. The standard InChI is InChI=1S/C31H36N2O2S/c1-30(2)20-24(15-18-35-30)33-28(34)26-27(32-29(33)36-21-22-11-5-3-6-12-22)25-14-8-7-13-23(25)19-31(26)16-9-4-10-17-31/h3,5-8,11-14,24H,4,9-10,15-21H2,1-2H3/t24-/m1/s1. The summed E-state index contributed by atoms with van der Waals surface area (Å²) in [6.45, 7) is 4.97. The largest absolute Gasteiger partial charge is 0.375 e. The van der Waals surface area contributed by atoms with Gasteiger partial charge in [-0.1, -0.05) is 85.6 Å². The molecule has 36 heavy (non-hydrogen) atoms. The molecular weight excluding hydrogens is 464 g/mol. The number of rotatable bonds is 4. The third kappa shape index (κ3) is 4.35. The predicted octanol–water partition coefficient (Wildman–Crippen LogP) is 7.09. The van der Waals surface area contributed by atoms with Crippen LogP contribution in [0.5, 0.6) is 0 Å². The van der Waals surface area contributed by atoms with Gasteiger partial charge in [0.15, 0.2) is 5.16 Å². The average molecular weight is 501 g/mol. The zero-order valence-corrected chi connectivity index (χ0v) is 22.3. The summed E-state index contributed by atoms with van der Waals surface area (Å²) >= 11 is 1.70. The summed E-state index contributed by atoms with van der Waals surface area (Å²) < 4.78 is 8.14. The first-order chi connectivity index (χ1) is 17.5. The van der Waals surface area contributed by atoms with Crippen molar-refractivity contribution in [3.05, 3.63) is 81.6 Å². The molecule has 2 aliphatic carbocycles. The Labute approximate surface area is 218 Å². The van der Waals surface area contributed by atoms with E-state index in [2.05, 4.69) is 66.9 Å². The molecule has 0 N–H and O–H groups in total. The third-order valence-electron chi connectivity index (χ3n) is 8.47. The number of hydrogen-bond acceptors (Lipinski definition) is 4. The van der Waals surface area contributed by atoms with Gasteiger partial charge in [-0.3, -0.25) is 9.36 Å². The van der Waals surface area contributed by atoms with Crippen molar-refractivity contribution in [3.63, 3.8) is 0 Å². The predicted molar refractivity (Wildman–Crippen MR) is 147 cm³/mol. The highest BCUT2D eigenvalue weighted by Crippen LogP contribution is 2.49. The Balaban J connectivity index is 1.54. The summed E-state index contributed by atoms with van der Waals surface area (Å²) in [6.07, 6.45) is 8.46. The minimum Gasteiger partial charge on any atom is -0.375 e. The maximum absolute atomic E-state index is 14.7. The summed E-state index contributed by atoms with van der Waals surface area (Å²) in [5.41, 5.74) is 5.57. The van der Waals surface area contributed by atoms with Crippen molar-refractivity contribution in [1.82, 2.24) is 9.55 Å². The number of fused-ring (bicyclic) bond motifs is 4. The molecule has 2 aromatic carbocycles. The summed E-state index contributed by atoms with van der Waals surface area (Å²) in [5, 5.41) is 0.855. The van der Waals surface area contributed by atoms with Crippen LogP contribution in [0.2, 0.25) is 0 Å². The van der Waals surface area contributed by atoms with E-state index in [4.69, 9.17) is 9.72 Å². The number of benzene rings is 2. The maximum atomic E-state index is 14.7. The van der Waals surface area contributed by atoms with Crippen molar-refractivity contribution >= 4 is 11.8 Å². The number of ether oxygens (including phenoxy) is 1. The van der Waals surface area contributed by atoms with Crippen molar-refractivity contribution in [2.45, 2.75) is 93.2 Å². The highest BCUT2D eigenvalue weighted by atomic mass is 32.2. The number of aromatic nitrogens is 2. The van der Waals surface area contributed by atoms with Crippen LogP contribution < -0.4 is 5.56 Å². The first-order valence-corrected chi connectivity index (χ1v) is 14.5. The monoisotopic (exact) mass is 500 g/mol. The smallest absolute Gasteiger partial charge is 0.258 e. The van der Waals surface area contributed by atoms with Gasteiger partial charge in [-0.05, 0) is 57.1 Å². The molecule has 1 saturated heterocycles. The molecule has 2 fully saturated rings. The summed E-state index contributed by atoms with van der Waals surface area (Å²) in [5.74, 6) is 0.797. The lowest BCUT2D eigenvalue weighted by Crippen LogP contribution is -2.45. The summed E-state index contributed by atoms with van der Waals surface area (Å²) in [6, 6.07) is 19.3.